The molecule has 0 spiro atoms. The Morgan fingerprint density at radius 2 is 1.86 bits per heavy atom. The van der Waals surface area contributed by atoms with Crippen LogP contribution in [0.1, 0.15) is 5.56 Å². The second-order valence-electron chi connectivity index (χ2n) is 4.26. The van der Waals surface area contributed by atoms with Gasteiger partial charge in [0.05, 0.1) is 18.0 Å². The number of nitrogens with one attached hydrogen (secondary N) is 1. The van der Waals surface area contributed by atoms with E-state index in [2.05, 4.69) is 5.32 Å². The Morgan fingerprint density at radius 3 is 2.52 bits per heavy atom. The molecule has 0 fully saturated rings. The molecule has 0 unspecified atom stereocenters. The number of carbonyl (C=O) groups excluding carboxylic acids is 1. The number of halogens is 2. The average Bonchev–Trinajstić information content (AvgIpc) is 2.49. The Labute approximate surface area is 125 Å². The van der Waals surface area contributed by atoms with Crippen molar-refractivity contribution in [2.75, 3.05) is 11.1 Å². The Kier molecular flexibility index (Phi) is 5.30. The minimum atomic E-state index is -0.679. The van der Waals surface area contributed by atoms with Crippen molar-refractivity contribution in [3.63, 3.8) is 0 Å². The summed E-state index contributed by atoms with van der Waals surface area (Å²) in [5.41, 5.74) is 0.613. The van der Waals surface area contributed by atoms with E-state index in [0.717, 1.165) is 28.7 Å². The number of aliphatic hydroxyl groups excluding tert-OH is 1. The third kappa shape index (κ3) is 4.54. The number of thioether (sulfide) groups is 1. The third-order valence-corrected chi connectivity index (χ3v) is 3.69. The standard InChI is InChI=1S/C15H13F2NO2S/c16-11-3-6-13(17)14(7-11)18-15(20)9-21-12-4-1-10(8-19)2-5-12/h1-7,19H,8-9H2,(H,18,20). The zero-order valence-corrected chi connectivity index (χ0v) is 11.8. The Hall–Kier alpha value is -1.92. The smallest absolute Gasteiger partial charge is 0.234 e. The maximum Gasteiger partial charge on any atom is 0.234 e. The zero-order chi connectivity index (χ0) is 15.2. The van der Waals surface area contributed by atoms with E-state index in [4.69, 9.17) is 5.11 Å². The molecule has 0 atom stereocenters. The number of anilines is 1. The molecule has 110 valence electrons. The highest BCUT2D eigenvalue weighted by molar-refractivity contribution is 8.00. The first-order chi connectivity index (χ1) is 10.1. The lowest BCUT2D eigenvalue weighted by molar-refractivity contribution is -0.113. The molecule has 0 bridgehead atoms. The summed E-state index contributed by atoms with van der Waals surface area (Å²) in [6.07, 6.45) is 0. The van der Waals surface area contributed by atoms with Gasteiger partial charge in [-0.25, -0.2) is 8.78 Å². The normalized spacial score (nSPS) is 10.4. The minimum Gasteiger partial charge on any atom is -0.392 e. The molecular formula is C15H13F2NO2S. The van der Waals surface area contributed by atoms with Crippen LogP contribution in [-0.2, 0) is 11.4 Å². The fourth-order valence-electron chi connectivity index (χ4n) is 1.62. The van der Waals surface area contributed by atoms with Crippen molar-refractivity contribution in [2.45, 2.75) is 11.5 Å². The highest BCUT2D eigenvalue weighted by Gasteiger charge is 2.08. The van der Waals surface area contributed by atoms with Gasteiger partial charge >= 0.3 is 0 Å². The van der Waals surface area contributed by atoms with Crippen LogP contribution in [0.3, 0.4) is 0 Å². The topological polar surface area (TPSA) is 49.3 Å². The molecule has 2 aromatic rings. The molecule has 2 rings (SSSR count). The molecule has 2 N–H and O–H groups in total. The highest BCUT2D eigenvalue weighted by Crippen LogP contribution is 2.20. The van der Waals surface area contributed by atoms with Gasteiger partial charge in [0.1, 0.15) is 11.6 Å². The second-order valence-corrected chi connectivity index (χ2v) is 5.31. The molecule has 0 heterocycles. The monoisotopic (exact) mass is 309 g/mol. The molecule has 21 heavy (non-hydrogen) atoms. The summed E-state index contributed by atoms with van der Waals surface area (Å²) in [5.74, 6) is -1.63. The van der Waals surface area contributed by atoms with E-state index in [9.17, 15) is 13.6 Å². The summed E-state index contributed by atoms with van der Waals surface area (Å²) in [4.78, 5) is 12.6. The van der Waals surface area contributed by atoms with Crippen LogP contribution in [0.25, 0.3) is 0 Å². The number of carbonyl (C=O) groups is 1. The van der Waals surface area contributed by atoms with E-state index in [1.807, 2.05) is 0 Å². The lowest BCUT2D eigenvalue weighted by Crippen LogP contribution is -2.15. The molecule has 1 amide bonds. The average molecular weight is 309 g/mol. The van der Waals surface area contributed by atoms with Crippen LogP contribution in [0.5, 0.6) is 0 Å². The molecule has 0 aliphatic heterocycles. The van der Waals surface area contributed by atoms with Crippen LogP contribution in [0, 0.1) is 11.6 Å². The van der Waals surface area contributed by atoms with E-state index in [1.54, 1.807) is 24.3 Å². The van der Waals surface area contributed by atoms with Crippen molar-refractivity contribution < 1.29 is 18.7 Å². The van der Waals surface area contributed by atoms with Crippen LogP contribution in [0.2, 0.25) is 0 Å². The molecular weight excluding hydrogens is 296 g/mol. The van der Waals surface area contributed by atoms with Crippen molar-refractivity contribution in [1.29, 1.82) is 0 Å². The molecule has 0 aromatic heterocycles. The highest BCUT2D eigenvalue weighted by atomic mass is 32.2. The maximum atomic E-state index is 13.4. The van der Waals surface area contributed by atoms with Gasteiger partial charge in [0.25, 0.3) is 0 Å². The third-order valence-electron chi connectivity index (χ3n) is 2.68. The number of aliphatic hydroxyl groups is 1. The fourth-order valence-corrected chi connectivity index (χ4v) is 2.32. The van der Waals surface area contributed by atoms with Crippen molar-refractivity contribution in [3.05, 3.63) is 59.7 Å². The summed E-state index contributed by atoms with van der Waals surface area (Å²) in [6, 6.07) is 9.97. The Bertz CT molecular complexity index is 632. The van der Waals surface area contributed by atoms with Gasteiger partial charge in [-0.3, -0.25) is 4.79 Å². The van der Waals surface area contributed by atoms with Crippen molar-refractivity contribution in [2.24, 2.45) is 0 Å². The van der Waals surface area contributed by atoms with Gasteiger partial charge in [0, 0.05) is 11.0 Å². The van der Waals surface area contributed by atoms with Gasteiger partial charge in [-0.15, -0.1) is 11.8 Å². The molecule has 0 aliphatic carbocycles. The van der Waals surface area contributed by atoms with Crippen LogP contribution >= 0.6 is 11.8 Å². The van der Waals surface area contributed by atoms with Crippen LogP contribution in [0.4, 0.5) is 14.5 Å². The van der Waals surface area contributed by atoms with Gasteiger partial charge in [-0.05, 0) is 29.8 Å². The molecule has 0 saturated heterocycles. The van der Waals surface area contributed by atoms with E-state index in [0.29, 0.717) is 0 Å². The van der Waals surface area contributed by atoms with Gasteiger partial charge < -0.3 is 10.4 Å². The molecule has 3 nitrogen and oxygen atoms in total. The van der Waals surface area contributed by atoms with Crippen LogP contribution in [-0.4, -0.2) is 16.8 Å². The van der Waals surface area contributed by atoms with E-state index < -0.39 is 17.5 Å². The number of amides is 1. The quantitative estimate of drug-likeness (QED) is 0.834. The zero-order valence-electron chi connectivity index (χ0n) is 11.0. The Balaban J connectivity index is 1.91. The van der Waals surface area contributed by atoms with E-state index >= 15 is 0 Å². The molecule has 0 aliphatic rings. The van der Waals surface area contributed by atoms with E-state index in [-0.39, 0.29) is 18.0 Å². The number of hydrogen-bond donors (Lipinski definition) is 2. The number of hydrogen-bond acceptors (Lipinski definition) is 3. The van der Waals surface area contributed by atoms with Crippen LogP contribution < -0.4 is 5.32 Å². The maximum absolute atomic E-state index is 13.4. The molecule has 6 heteroatoms. The summed E-state index contributed by atoms with van der Waals surface area (Å²) >= 11 is 1.27. The Morgan fingerprint density at radius 1 is 1.14 bits per heavy atom. The van der Waals surface area contributed by atoms with Crippen molar-refractivity contribution in [3.8, 4) is 0 Å². The first-order valence-corrected chi connectivity index (χ1v) is 7.14. The van der Waals surface area contributed by atoms with Crippen molar-refractivity contribution >= 4 is 23.4 Å². The summed E-state index contributed by atoms with van der Waals surface area (Å²) in [6.45, 7) is -0.0374. The SMILES string of the molecule is O=C(CSc1ccc(CO)cc1)Nc1cc(F)ccc1F. The first kappa shape index (κ1) is 15.5. The lowest BCUT2D eigenvalue weighted by Gasteiger charge is -2.06. The van der Waals surface area contributed by atoms with Crippen molar-refractivity contribution in [1.82, 2.24) is 0 Å². The summed E-state index contributed by atoms with van der Waals surface area (Å²) in [5, 5.41) is 11.3. The molecule has 0 radical (unpaired) electrons. The predicted octanol–water partition coefficient (Wildman–Crippen LogP) is 3.19. The first-order valence-electron chi connectivity index (χ1n) is 6.16. The largest absolute Gasteiger partial charge is 0.392 e. The second kappa shape index (κ2) is 7.19. The summed E-state index contributed by atoms with van der Waals surface area (Å²) in [7, 11) is 0. The van der Waals surface area contributed by atoms with E-state index in [1.165, 1.54) is 11.8 Å². The molecule has 2 aromatic carbocycles. The number of benzene rings is 2. The predicted molar refractivity (Wildman–Crippen MR) is 78.1 cm³/mol. The number of rotatable bonds is 5. The molecule has 0 saturated carbocycles. The van der Waals surface area contributed by atoms with Gasteiger partial charge in [0.2, 0.25) is 5.91 Å². The lowest BCUT2D eigenvalue weighted by atomic mass is 10.2. The van der Waals surface area contributed by atoms with Gasteiger partial charge in [0.15, 0.2) is 0 Å². The van der Waals surface area contributed by atoms with Gasteiger partial charge in [-0.2, -0.15) is 0 Å². The summed E-state index contributed by atoms with van der Waals surface area (Å²) < 4.78 is 26.3. The van der Waals surface area contributed by atoms with Gasteiger partial charge in [-0.1, -0.05) is 12.1 Å². The van der Waals surface area contributed by atoms with Crippen LogP contribution in [0.15, 0.2) is 47.4 Å². The fraction of sp³-hybridized carbons (Fsp3) is 0.133. The minimum absolute atomic E-state index is 0.0374.